The lowest BCUT2D eigenvalue weighted by Gasteiger charge is -2.31. The molecule has 0 aromatic carbocycles. The predicted molar refractivity (Wildman–Crippen MR) is 74.7 cm³/mol. The molecular weight excluding hydrogens is 262 g/mol. The predicted octanol–water partition coefficient (Wildman–Crippen LogP) is 0.662. The number of aryl methyl sites for hydroxylation is 1. The molecule has 1 aromatic rings. The lowest BCUT2D eigenvalue weighted by atomic mass is 10.1. The van der Waals surface area contributed by atoms with Crippen LogP contribution in [0, 0.1) is 10.1 Å². The highest BCUT2D eigenvalue weighted by Gasteiger charge is 2.28. The van der Waals surface area contributed by atoms with Crippen molar-refractivity contribution in [3.05, 3.63) is 16.3 Å². The molecule has 0 bridgehead atoms. The minimum absolute atomic E-state index is 0.0648. The SMILES string of the molecule is Cn1cc([N+](=O)[O-])c(N2CCC(OCCCN)CC2)n1. The van der Waals surface area contributed by atoms with Crippen molar-refractivity contribution in [3.63, 3.8) is 0 Å². The molecule has 0 radical (unpaired) electrons. The Kier molecular flexibility index (Phi) is 4.91. The molecule has 0 unspecified atom stereocenters. The van der Waals surface area contributed by atoms with Gasteiger partial charge in [-0.05, 0) is 25.8 Å². The first-order valence-electron chi connectivity index (χ1n) is 6.86. The fourth-order valence-corrected chi connectivity index (χ4v) is 2.39. The maximum atomic E-state index is 11.0. The fraction of sp³-hybridized carbons (Fsp3) is 0.750. The number of rotatable bonds is 6. The molecule has 0 aliphatic carbocycles. The molecule has 2 N–H and O–H groups in total. The van der Waals surface area contributed by atoms with Crippen LogP contribution in [0.25, 0.3) is 0 Å². The van der Waals surface area contributed by atoms with Crippen molar-refractivity contribution in [2.75, 3.05) is 31.1 Å². The van der Waals surface area contributed by atoms with Gasteiger partial charge in [0.1, 0.15) is 6.20 Å². The van der Waals surface area contributed by atoms with Gasteiger partial charge in [-0.1, -0.05) is 0 Å². The molecule has 20 heavy (non-hydrogen) atoms. The highest BCUT2D eigenvalue weighted by molar-refractivity contribution is 5.56. The van der Waals surface area contributed by atoms with E-state index in [4.69, 9.17) is 10.5 Å². The Balaban J connectivity index is 1.92. The standard InChI is InChI=1S/C12H21N5O3/c1-15-9-11(17(18)19)12(14-15)16-6-3-10(4-7-16)20-8-2-5-13/h9-10H,2-8,13H2,1H3. The molecule has 1 fully saturated rings. The maximum Gasteiger partial charge on any atom is 0.330 e. The molecule has 8 nitrogen and oxygen atoms in total. The Morgan fingerprint density at radius 1 is 1.55 bits per heavy atom. The third-order valence-electron chi connectivity index (χ3n) is 3.43. The van der Waals surface area contributed by atoms with E-state index in [9.17, 15) is 10.1 Å². The van der Waals surface area contributed by atoms with Gasteiger partial charge in [0.2, 0.25) is 5.82 Å². The van der Waals surface area contributed by atoms with E-state index >= 15 is 0 Å². The van der Waals surface area contributed by atoms with Crippen molar-refractivity contribution in [1.82, 2.24) is 9.78 Å². The average Bonchev–Trinajstić information content (AvgIpc) is 2.82. The molecule has 0 spiro atoms. The Bertz CT molecular complexity index is 454. The van der Waals surface area contributed by atoms with Gasteiger partial charge in [-0.15, -0.1) is 5.10 Å². The summed E-state index contributed by atoms with van der Waals surface area (Å²) >= 11 is 0. The zero-order valence-electron chi connectivity index (χ0n) is 11.7. The Morgan fingerprint density at radius 3 is 2.85 bits per heavy atom. The molecule has 0 amide bonds. The van der Waals surface area contributed by atoms with Crippen molar-refractivity contribution in [3.8, 4) is 0 Å². The van der Waals surface area contributed by atoms with Gasteiger partial charge in [0.25, 0.3) is 0 Å². The number of nitro groups is 1. The van der Waals surface area contributed by atoms with E-state index in [1.807, 2.05) is 4.90 Å². The van der Waals surface area contributed by atoms with E-state index in [-0.39, 0.29) is 16.7 Å². The van der Waals surface area contributed by atoms with E-state index in [0.29, 0.717) is 19.0 Å². The van der Waals surface area contributed by atoms with Gasteiger partial charge < -0.3 is 15.4 Å². The smallest absolute Gasteiger partial charge is 0.330 e. The van der Waals surface area contributed by atoms with Crippen LogP contribution in [-0.4, -0.2) is 47.0 Å². The van der Waals surface area contributed by atoms with E-state index in [0.717, 1.165) is 32.4 Å². The number of ether oxygens (including phenoxy) is 1. The number of piperidine rings is 1. The second-order valence-corrected chi connectivity index (χ2v) is 4.97. The topological polar surface area (TPSA) is 99.4 Å². The monoisotopic (exact) mass is 283 g/mol. The van der Waals surface area contributed by atoms with Gasteiger partial charge in [-0.3, -0.25) is 14.8 Å². The van der Waals surface area contributed by atoms with Crippen LogP contribution in [0.5, 0.6) is 0 Å². The van der Waals surface area contributed by atoms with E-state index in [2.05, 4.69) is 5.10 Å². The summed E-state index contributed by atoms with van der Waals surface area (Å²) in [5.41, 5.74) is 5.49. The third-order valence-corrected chi connectivity index (χ3v) is 3.43. The average molecular weight is 283 g/mol. The third kappa shape index (κ3) is 3.45. The summed E-state index contributed by atoms with van der Waals surface area (Å²) in [5, 5.41) is 15.2. The van der Waals surface area contributed by atoms with Crippen LogP contribution in [0.3, 0.4) is 0 Å². The lowest BCUT2D eigenvalue weighted by molar-refractivity contribution is -0.384. The zero-order chi connectivity index (χ0) is 14.5. The van der Waals surface area contributed by atoms with E-state index < -0.39 is 0 Å². The minimum Gasteiger partial charge on any atom is -0.378 e. The molecule has 1 aromatic heterocycles. The Morgan fingerprint density at radius 2 is 2.25 bits per heavy atom. The fourth-order valence-electron chi connectivity index (χ4n) is 2.39. The van der Waals surface area contributed by atoms with Gasteiger partial charge >= 0.3 is 5.69 Å². The second kappa shape index (κ2) is 6.67. The van der Waals surface area contributed by atoms with Crippen molar-refractivity contribution in [2.45, 2.75) is 25.4 Å². The largest absolute Gasteiger partial charge is 0.378 e. The molecule has 1 aliphatic rings. The molecule has 0 saturated carbocycles. The van der Waals surface area contributed by atoms with Crippen LogP contribution in [0.4, 0.5) is 11.5 Å². The first kappa shape index (κ1) is 14.7. The molecule has 2 rings (SSSR count). The Labute approximate surface area is 117 Å². The number of hydrogen-bond acceptors (Lipinski definition) is 6. The zero-order valence-corrected chi connectivity index (χ0v) is 11.7. The summed E-state index contributed by atoms with van der Waals surface area (Å²) in [6.45, 7) is 2.78. The first-order chi connectivity index (χ1) is 9.61. The van der Waals surface area contributed by atoms with Crippen molar-refractivity contribution >= 4 is 11.5 Å². The number of aromatic nitrogens is 2. The summed E-state index contributed by atoms with van der Waals surface area (Å²) in [6, 6.07) is 0. The Hall–Kier alpha value is -1.67. The van der Waals surface area contributed by atoms with Crippen LogP contribution in [0.2, 0.25) is 0 Å². The highest BCUT2D eigenvalue weighted by Crippen LogP contribution is 2.28. The summed E-state index contributed by atoms with van der Waals surface area (Å²) in [6.07, 6.45) is 4.25. The summed E-state index contributed by atoms with van der Waals surface area (Å²) in [5.74, 6) is 0.456. The molecular formula is C12H21N5O3. The van der Waals surface area contributed by atoms with Gasteiger partial charge in [-0.2, -0.15) is 0 Å². The normalized spacial score (nSPS) is 16.6. The lowest BCUT2D eigenvalue weighted by Crippen LogP contribution is -2.37. The summed E-state index contributed by atoms with van der Waals surface area (Å²) in [4.78, 5) is 12.6. The van der Waals surface area contributed by atoms with Crippen molar-refractivity contribution in [2.24, 2.45) is 12.8 Å². The van der Waals surface area contributed by atoms with E-state index in [1.165, 1.54) is 10.9 Å². The molecule has 8 heteroatoms. The highest BCUT2D eigenvalue weighted by atomic mass is 16.6. The van der Waals surface area contributed by atoms with Crippen LogP contribution >= 0.6 is 0 Å². The molecule has 112 valence electrons. The van der Waals surface area contributed by atoms with Crippen LogP contribution in [0.1, 0.15) is 19.3 Å². The molecule has 2 heterocycles. The molecule has 1 aliphatic heterocycles. The summed E-state index contributed by atoms with van der Waals surface area (Å²) < 4.78 is 7.21. The van der Waals surface area contributed by atoms with Gasteiger partial charge in [0.15, 0.2) is 0 Å². The number of nitrogens with two attached hydrogens (primary N) is 1. The van der Waals surface area contributed by atoms with Crippen LogP contribution in [-0.2, 0) is 11.8 Å². The maximum absolute atomic E-state index is 11.0. The summed E-state index contributed by atoms with van der Waals surface area (Å²) in [7, 11) is 1.69. The quantitative estimate of drug-likeness (QED) is 0.468. The van der Waals surface area contributed by atoms with Crippen LogP contribution in [0.15, 0.2) is 6.20 Å². The van der Waals surface area contributed by atoms with E-state index in [1.54, 1.807) is 7.05 Å². The second-order valence-electron chi connectivity index (χ2n) is 4.97. The van der Waals surface area contributed by atoms with Crippen molar-refractivity contribution < 1.29 is 9.66 Å². The van der Waals surface area contributed by atoms with Crippen molar-refractivity contribution in [1.29, 1.82) is 0 Å². The first-order valence-corrected chi connectivity index (χ1v) is 6.86. The number of hydrogen-bond donors (Lipinski definition) is 1. The number of anilines is 1. The van der Waals surface area contributed by atoms with Gasteiger partial charge in [-0.25, -0.2) is 0 Å². The van der Waals surface area contributed by atoms with Gasteiger partial charge in [0, 0.05) is 26.7 Å². The van der Waals surface area contributed by atoms with Gasteiger partial charge in [0.05, 0.1) is 11.0 Å². The molecule has 1 saturated heterocycles. The number of nitrogens with zero attached hydrogens (tertiary/aromatic N) is 4. The van der Waals surface area contributed by atoms with Crippen LogP contribution < -0.4 is 10.6 Å². The molecule has 0 atom stereocenters. The minimum atomic E-state index is -0.383.